The van der Waals surface area contributed by atoms with Crippen LogP contribution in [0.5, 0.6) is 11.5 Å². The molecule has 2 heterocycles. The zero-order chi connectivity index (χ0) is 16.9. The van der Waals surface area contributed by atoms with Crippen LogP contribution in [0.3, 0.4) is 0 Å². The Bertz CT molecular complexity index is 726. The van der Waals surface area contributed by atoms with Gasteiger partial charge in [-0.3, -0.25) is 4.90 Å². The molecule has 1 aromatic carbocycles. The van der Waals surface area contributed by atoms with Crippen molar-refractivity contribution in [1.29, 1.82) is 0 Å². The van der Waals surface area contributed by atoms with Crippen LogP contribution in [0.2, 0.25) is 0 Å². The first-order chi connectivity index (χ1) is 11.6. The second kappa shape index (κ2) is 5.62. The minimum atomic E-state index is -0.235. The van der Waals surface area contributed by atoms with Crippen LogP contribution in [0.25, 0.3) is 0 Å². The average molecular weight is 329 g/mol. The van der Waals surface area contributed by atoms with E-state index in [1.54, 1.807) is 27.4 Å². The van der Waals surface area contributed by atoms with Gasteiger partial charge < -0.3 is 19.3 Å². The molecule has 1 spiro atoms. The zero-order valence-electron chi connectivity index (χ0n) is 14.3. The molecule has 3 atom stereocenters. The Kier molecular flexibility index (Phi) is 3.67. The Morgan fingerprint density at radius 3 is 2.75 bits per heavy atom. The van der Waals surface area contributed by atoms with Gasteiger partial charge in [0.25, 0.3) is 0 Å². The molecular weight excluding hydrogens is 306 g/mol. The molecule has 0 saturated carbocycles. The highest BCUT2D eigenvalue weighted by Gasteiger charge is 2.52. The van der Waals surface area contributed by atoms with Gasteiger partial charge in [-0.1, -0.05) is 18.2 Å². The molecule has 0 amide bonds. The predicted molar refractivity (Wildman–Crippen MR) is 90.3 cm³/mol. The number of methoxy groups -OCH3 is 3. The Morgan fingerprint density at radius 2 is 2.04 bits per heavy atom. The Hall–Kier alpha value is -1.82. The van der Waals surface area contributed by atoms with E-state index in [2.05, 4.69) is 23.1 Å². The zero-order valence-corrected chi connectivity index (χ0v) is 14.3. The van der Waals surface area contributed by atoms with Gasteiger partial charge in [0.15, 0.2) is 11.5 Å². The third kappa shape index (κ3) is 1.98. The summed E-state index contributed by atoms with van der Waals surface area (Å²) in [5.74, 6) is 0.649. The molecule has 5 heteroatoms. The van der Waals surface area contributed by atoms with E-state index in [0.29, 0.717) is 5.75 Å². The minimum Gasteiger partial charge on any atom is -0.504 e. The molecule has 0 aromatic heterocycles. The maximum Gasteiger partial charge on any atom is 0.160 e. The molecule has 128 valence electrons. The van der Waals surface area contributed by atoms with E-state index in [0.717, 1.165) is 30.6 Å². The quantitative estimate of drug-likeness (QED) is 0.923. The third-order valence-electron chi connectivity index (χ3n) is 5.65. The molecule has 1 aromatic rings. The minimum absolute atomic E-state index is 0.0643. The largest absolute Gasteiger partial charge is 0.504 e. The van der Waals surface area contributed by atoms with Crippen LogP contribution in [0.1, 0.15) is 23.7 Å². The molecule has 0 bridgehead atoms. The van der Waals surface area contributed by atoms with Crippen molar-refractivity contribution >= 4 is 0 Å². The highest BCUT2D eigenvalue weighted by Crippen LogP contribution is 2.54. The number of aromatic hydroxyl groups is 1. The van der Waals surface area contributed by atoms with Gasteiger partial charge in [-0.15, -0.1) is 0 Å². The third-order valence-corrected chi connectivity index (χ3v) is 5.65. The van der Waals surface area contributed by atoms with Gasteiger partial charge in [-0.25, -0.2) is 0 Å². The Morgan fingerprint density at radius 1 is 1.21 bits per heavy atom. The summed E-state index contributed by atoms with van der Waals surface area (Å²) in [5, 5.41) is 10.3. The molecule has 1 aliphatic carbocycles. The smallest absolute Gasteiger partial charge is 0.160 e. The van der Waals surface area contributed by atoms with E-state index in [1.807, 2.05) is 6.07 Å². The molecule has 2 aliphatic heterocycles. The number of ether oxygens (including phenoxy) is 3. The van der Waals surface area contributed by atoms with E-state index in [9.17, 15) is 5.11 Å². The van der Waals surface area contributed by atoms with Crippen LogP contribution in [0.15, 0.2) is 35.9 Å². The number of benzene rings is 1. The average Bonchev–Trinajstić information content (AvgIpc) is 2.98. The molecule has 4 rings (SSSR count). The van der Waals surface area contributed by atoms with Crippen LogP contribution in [-0.4, -0.2) is 50.5 Å². The molecule has 1 N–H and O–H groups in total. The fourth-order valence-electron chi connectivity index (χ4n) is 4.44. The monoisotopic (exact) mass is 329 g/mol. The molecule has 24 heavy (non-hydrogen) atoms. The van der Waals surface area contributed by atoms with Gasteiger partial charge in [0, 0.05) is 33.7 Å². The standard InChI is InChI=1S/C19H23NO4/c1-22-13-5-4-12-6-7-20-11-18(24-3)14-8-16(21)17(23-2)9-15(14)19(12,20)10-13/h4-6,8-9,13,18,21H,7,10-11H2,1-3H3/t13-,18-,19-/m0/s1. The number of phenolic OH excluding ortho intramolecular Hbond substituents is 1. The van der Waals surface area contributed by atoms with Gasteiger partial charge in [-0.05, 0) is 28.8 Å². The van der Waals surface area contributed by atoms with Crippen molar-refractivity contribution in [2.24, 2.45) is 0 Å². The fraction of sp³-hybridized carbons (Fsp3) is 0.474. The van der Waals surface area contributed by atoms with E-state index in [4.69, 9.17) is 14.2 Å². The number of phenols is 1. The summed E-state index contributed by atoms with van der Waals surface area (Å²) >= 11 is 0. The molecule has 3 aliphatic rings. The maximum atomic E-state index is 10.3. The summed E-state index contributed by atoms with van der Waals surface area (Å²) in [6.07, 6.45) is 7.43. The number of hydrogen-bond donors (Lipinski definition) is 1. The van der Waals surface area contributed by atoms with Crippen molar-refractivity contribution in [2.75, 3.05) is 34.4 Å². The van der Waals surface area contributed by atoms with Gasteiger partial charge >= 0.3 is 0 Å². The molecular formula is C19H23NO4. The van der Waals surface area contributed by atoms with Crippen molar-refractivity contribution < 1.29 is 19.3 Å². The second-order valence-corrected chi connectivity index (χ2v) is 6.60. The van der Waals surface area contributed by atoms with E-state index >= 15 is 0 Å². The topological polar surface area (TPSA) is 51.2 Å². The van der Waals surface area contributed by atoms with Gasteiger partial charge in [-0.2, -0.15) is 0 Å². The van der Waals surface area contributed by atoms with Crippen molar-refractivity contribution in [2.45, 2.75) is 24.2 Å². The maximum absolute atomic E-state index is 10.3. The SMILES string of the molecule is COc1cc2c(cc1O)[C@@H](OC)CN1CC=C3C=C[C@H](OC)C[C@]321. The fourth-order valence-corrected chi connectivity index (χ4v) is 4.44. The summed E-state index contributed by atoms with van der Waals surface area (Å²) in [5.41, 5.74) is 3.23. The van der Waals surface area contributed by atoms with Crippen LogP contribution in [0.4, 0.5) is 0 Å². The summed E-state index contributed by atoms with van der Waals surface area (Å²) < 4.78 is 16.7. The number of fused-ring (bicyclic) bond motifs is 1. The van der Waals surface area contributed by atoms with E-state index in [1.165, 1.54) is 5.57 Å². The van der Waals surface area contributed by atoms with Crippen LogP contribution < -0.4 is 4.74 Å². The molecule has 0 saturated heterocycles. The molecule has 5 nitrogen and oxygen atoms in total. The first-order valence-electron chi connectivity index (χ1n) is 8.25. The van der Waals surface area contributed by atoms with Crippen molar-refractivity contribution in [3.63, 3.8) is 0 Å². The van der Waals surface area contributed by atoms with Gasteiger partial charge in [0.2, 0.25) is 0 Å². The lowest BCUT2D eigenvalue weighted by Crippen LogP contribution is -2.52. The Labute approximate surface area is 142 Å². The number of rotatable bonds is 3. The highest BCUT2D eigenvalue weighted by molar-refractivity contribution is 5.58. The first-order valence-corrected chi connectivity index (χ1v) is 8.25. The summed E-state index contributed by atoms with van der Waals surface area (Å²) in [4.78, 5) is 2.45. The summed E-state index contributed by atoms with van der Waals surface area (Å²) in [6, 6.07) is 3.76. The lowest BCUT2D eigenvalue weighted by molar-refractivity contribution is -0.00662. The van der Waals surface area contributed by atoms with Crippen molar-refractivity contribution in [3.05, 3.63) is 47.1 Å². The van der Waals surface area contributed by atoms with Crippen molar-refractivity contribution in [3.8, 4) is 11.5 Å². The predicted octanol–water partition coefficient (Wildman–Crippen LogP) is 2.51. The lowest BCUT2D eigenvalue weighted by atomic mass is 9.70. The molecule has 0 fully saturated rings. The Balaban J connectivity index is 1.94. The molecule has 0 radical (unpaired) electrons. The summed E-state index contributed by atoms with van der Waals surface area (Å²) in [6.45, 7) is 1.68. The van der Waals surface area contributed by atoms with Crippen LogP contribution in [0, 0.1) is 0 Å². The number of hydrogen-bond acceptors (Lipinski definition) is 5. The van der Waals surface area contributed by atoms with E-state index in [-0.39, 0.29) is 23.5 Å². The van der Waals surface area contributed by atoms with Gasteiger partial charge in [0.05, 0.1) is 24.9 Å². The van der Waals surface area contributed by atoms with E-state index < -0.39 is 0 Å². The second-order valence-electron chi connectivity index (χ2n) is 6.60. The first kappa shape index (κ1) is 15.7. The van der Waals surface area contributed by atoms with Crippen LogP contribution in [-0.2, 0) is 15.0 Å². The number of nitrogens with zero attached hydrogens (tertiary/aromatic N) is 1. The van der Waals surface area contributed by atoms with Gasteiger partial charge in [0.1, 0.15) is 0 Å². The lowest BCUT2D eigenvalue weighted by Gasteiger charge is -2.50. The highest BCUT2D eigenvalue weighted by atomic mass is 16.5. The van der Waals surface area contributed by atoms with Crippen molar-refractivity contribution in [1.82, 2.24) is 4.90 Å². The molecule has 0 unspecified atom stereocenters. The van der Waals surface area contributed by atoms with Crippen LogP contribution >= 0.6 is 0 Å². The summed E-state index contributed by atoms with van der Waals surface area (Å²) in [7, 11) is 5.05. The normalized spacial score (nSPS) is 31.2.